The zero-order valence-electron chi connectivity index (χ0n) is 71.5. The summed E-state index contributed by atoms with van der Waals surface area (Å²) < 4.78 is 93.4. The molecule has 17 rings (SSSR count). The van der Waals surface area contributed by atoms with Crippen LogP contribution in [0.4, 0.5) is 21.8 Å². The van der Waals surface area contributed by atoms with Crippen molar-refractivity contribution in [2.45, 2.75) is 67.6 Å². The normalized spacial score (nSPS) is 13.3. The van der Waals surface area contributed by atoms with E-state index in [4.69, 9.17) is 54.7 Å². The van der Waals surface area contributed by atoms with E-state index in [1.807, 2.05) is 0 Å². The first-order valence-corrected chi connectivity index (χ1v) is 44.5. The number of nitrogens with zero attached hydrogens (tertiary/aromatic N) is 18. The summed E-state index contributed by atoms with van der Waals surface area (Å²) in [5, 5.41) is 62.3. The molecule has 1 fully saturated rings. The summed E-state index contributed by atoms with van der Waals surface area (Å²) in [6, 6.07) is 41.6. The molecule has 0 spiro atoms. The van der Waals surface area contributed by atoms with Crippen molar-refractivity contribution in [3.8, 4) is 0 Å². The number of amides is 10. The first-order valence-electron chi connectivity index (χ1n) is 38.7. The third-order valence-electron chi connectivity index (χ3n) is 17.9. The third kappa shape index (κ3) is 30.1. The number of H-pyrrole nitrogens is 1. The Hall–Kier alpha value is -13.8. The number of nitro groups is 2. The Kier molecular flexibility index (Phi) is 43.7. The Balaban J connectivity index is 0.000000529. The number of imide groups is 5. The maximum Gasteiger partial charge on any atom is 0.389 e. The molecule has 12 heterocycles. The summed E-state index contributed by atoms with van der Waals surface area (Å²) >= 11 is 3.21. The number of aliphatic hydroxyl groups is 1. The molecular weight excluding hydrogens is 1990 g/mol. The van der Waals surface area contributed by atoms with Crippen LogP contribution in [0.25, 0.3) is 0 Å². The van der Waals surface area contributed by atoms with Crippen LogP contribution in [0.3, 0.4) is 0 Å². The van der Waals surface area contributed by atoms with E-state index in [1.165, 1.54) is 103 Å². The number of benzene rings is 5. The van der Waals surface area contributed by atoms with Crippen LogP contribution in [0.15, 0.2) is 210 Å². The van der Waals surface area contributed by atoms with Crippen molar-refractivity contribution in [3.63, 3.8) is 0 Å². The second-order valence-corrected chi connectivity index (χ2v) is 32.6. The van der Waals surface area contributed by atoms with E-state index in [2.05, 4.69) is 51.6 Å². The predicted octanol–water partition coefficient (Wildman–Crippen LogP) is 6.35. The van der Waals surface area contributed by atoms with Gasteiger partial charge in [-0.05, 0) is 115 Å². The molecule has 0 unspecified atom stereocenters. The third-order valence-corrected chi connectivity index (χ3v) is 21.1. The zero-order valence-corrected chi connectivity index (χ0v) is 76.8. The monoisotopic (exact) mass is 2080 g/mol. The number of aromatic amines is 1. The van der Waals surface area contributed by atoms with Crippen LogP contribution in [0.2, 0.25) is 0 Å². The Bertz CT molecular complexity index is 5970. The van der Waals surface area contributed by atoms with Crippen LogP contribution in [0.5, 0.6) is 0 Å². The molecular formula is C78H94BrClFN26O22PdS3-. The first kappa shape index (κ1) is 110. The molecule has 55 heteroatoms. The Morgan fingerprint density at radius 2 is 0.744 bits per heavy atom. The van der Waals surface area contributed by atoms with Crippen molar-refractivity contribution in [2.75, 3.05) is 77.3 Å². The molecule has 1 saturated heterocycles. The SMILES string of the molecule is C1CCOC1.CCO.N.N=N.NCCn1ccc(S(N)(=O)=O)n1.NS(=O)(=O)c1ccn(CCN2C(=O)c3ccccc3C2=O)n1.Nc1ccn(CCN2C(=O)c3ccccc3C2=O)n1.O=C1c2ccccc2C(=O)N1CCBr.O=C1c2ccccc2C(=O)N1CCn1ccc(S(=O)(=O)Cl)n1.O=C1c2ccccc2C(=O)N1CCn1ccc([N+](=O)[O-])n1.O=[N+]([O-])c1ccn[nH]1.[2H]CF.[CH3-].[HH].[HH].[Pd]. The molecule has 6 aliphatic heterocycles. The van der Waals surface area contributed by atoms with Gasteiger partial charge in [0.1, 0.15) is 5.82 Å². The van der Waals surface area contributed by atoms with Gasteiger partial charge in [0.05, 0.1) is 133 Å². The molecule has 6 aliphatic rings. The molecule has 0 aliphatic carbocycles. The summed E-state index contributed by atoms with van der Waals surface area (Å²) in [6.45, 7) is 6.83. The van der Waals surface area contributed by atoms with E-state index in [9.17, 15) is 97.8 Å². The number of alkyl halides is 2. The number of hydrogen-bond donors (Lipinski definition) is 9. The van der Waals surface area contributed by atoms with Gasteiger partial charge in [-0.25, -0.2) is 46.6 Å². The van der Waals surface area contributed by atoms with Gasteiger partial charge < -0.3 is 55.1 Å². The molecule has 0 radical (unpaired) electrons. The minimum absolute atomic E-state index is 0. The molecule has 6 aromatic heterocycles. The second kappa shape index (κ2) is 52.9. The average molecular weight is 2090 g/mol. The number of halogens is 3. The van der Waals surface area contributed by atoms with Crippen LogP contribution in [-0.4, -0.2) is 254 Å². The van der Waals surface area contributed by atoms with Crippen molar-refractivity contribution >= 4 is 132 Å². The van der Waals surface area contributed by atoms with Gasteiger partial charge in [0.2, 0.25) is 0 Å². The molecule has 15 N–H and O–H groups in total. The van der Waals surface area contributed by atoms with Gasteiger partial charge >= 0.3 is 11.6 Å². The van der Waals surface area contributed by atoms with Crippen molar-refractivity contribution in [1.29, 1.82) is 11.1 Å². The second-order valence-electron chi connectivity index (χ2n) is 26.3. The molecule has 11 aromatic rings. The van der Waals surface area contributed by atoms with Crippen LogP contribution in [-0.2, 0) is 87.0 Å². The minimum Gasteiger partial charge on any atom is -0.397 e. The zero-order chi connectivity index (χ0) is 96.5. The fourth-order valence-corrected chi connectivity index (χ4v) is 14.0. The summed E-state index contributed by atoms with van der Waals surface area (Å²) in [5.74, 6) is -2.95. The van der Waals surface area contributed by atoms with Gasteiger partial charge in [-0.2, -0.15) is 25.1 Å². The molecule has 48 nitrogen and oxygen atoms in total. The Morgan fingerprint density at radius 1 is 0.481 bits per heavy atom. The van der Waals surface area contributed by atoms with Crippen molar-refractivity contribution < 1.29 is 122 Å². The fraction of sp³-hybridized carbons (Fsp3) is 0.244. The number of hydrogen-bond acceptors (Lipinski definition) is 33. The largest absolute Gasteiger partial charge is 0.397 e. The van der Waals surface area contributed by atoms with E-state index in [0.29, 0.717) is 93.0 Å². The number of aromatic nitrogens is 12. The van der Waals surface area contributed by atoms with Gasteiger partial charge in [-0.3, -0.25) is 95.6 Å². The number of sulfonamides is 2. The number of anilines is 1. The van der Waals surface area contributed by atoms with E-state index in [1.54, 1.807) is 145 Å². The number of carbonyl (C=O) groups is 10. The Labute approximate surface area is 789 Å². The fourth-order valence-electron chi connectivity index (χ4n) is 12.0. The smallest absolute Gasteiger partial charge is 0.389 e. The summed E-state index contributed by atoms with van der Waals surface area (Å²) in [6.07, 6.45) is 11.4. The van der Waals surface area contributed by atoms with E-state index in [-0.39, 0.29) is 175 Å². The molecule has 0 atom stereocenters. The molecule has 0 saturated carbocycles. The van der Waals surface area contributed by atoms with Gasteiger partial charge in [0.25, 0.3) is 88.2 Å². The summed E-state index contributed by atoms with van der Waals surface area (Å²) in [4.78, 5) is 145. The maximum absolute atomic E-state index is 12.2. The average Bonchev–Trinajstić information content (AvgIpc) is 1.65. The quantitative estimate of drug-likeness (QED) is 0.00553. The van der Waals surface area contributed by atoms with Crippen LogP contribution < -0.4 is 27.9 Å². The van der Waals surface area contributed by atoms with Crippen LogP contribution >= 0.6 is 26.6 Å². The molecule has 10 amide bonds. The van der Waals surface area contributed by atoms with Crippen LogP contribution in [0.1, 0.15) is 128 Å². The maximum atomic E-state index is 12.2. The molecule has 133 heavy (non-hydrogen) atoms. The number of nitrogens with one attached hydrogen (secondary N) is 3. The number of nitrogen functional groups attached to an aromatic ring is 1. The number of aliphatic hydroxyl groups excluding tert-OH is 1. The predicted molar refractivity (Wildman–Crippen MR) is 476 cm³/mol. The van der Waals surface area contributed by atoms with E-state index in [0.717, 1.165) is 27.9 Å². The molecule has 0 bridgehead atoms. The first-order chi connectivity index (χ1) is 62.4. The number of ether oxygens (including phenoxy) is 1. The number of rotatable bonds is 21. The van der Waals surface area contributed by atoms with Crippen LogP contribution in [0, 0.1) is 38.7 Å². The Morgan fingerprint density at radius 3 is 0.947 bits per heavy atom. The van der Waals surface area contributed by atoms with Gasteiger partial charge in [0, 0.05) is 117 Å². The standard InChI is InChI=1S/C13H10ClN3O4S.C13H12N4O4S.C13H10N4O4.C13H12N4O2.C10H8BrNO2.C5H10N4O2S.C4H8O.C3H3N3O2.C2H6O.CH3F.CH3.H2N2.H3N.Pd.2H2/c2*14-22(20,21)11-5-6-16(15-11)7-8-17-12(18)9-3-1-2-4-10(9)13(17)19;18-12-9-3-1-2-4-10(9)13(19)16(12)8-7-15-6-5-11(14-15)17(20)21;14-11-5-6-16(15-11)7-8-17-12(18)9-3-1-2-4-10(9)13(17)19;11-5-6-12-9(13)7-3-1-2-4-8(7)10(12)14;6-2-4-9-3-1-5(8-9)12(7,10)11;1-2-4-5-3-1;7-6(8)3-1-2-4-5-3;1-2-3;1-2;;1-2;;;;/h1-6H,7-8H2;1-6H,7-8H2,(H2,14,20,21);1-6H,7-8H2;1-6H,7-8H2,(H2,14,15);1-4H,5-6H2;1,3H,2,4,6H2,(H2,7,10,11);1-4H2;1-2H,(H,4,5);3H,2H2,1H3;1H3;1H3;1-2H;1H3;;2*1H/q;;;;;;;;;;-1;;;;;/i;;;;;;;;;1D;;;;;;. The van der Waals surface area contributed by atoms with Crippen molar-refractivity contribution in [2.24, 2.45) is 16.0 Å². The summed E-state index contributed by atoms with van der Waals surface area (Å²) in [5.41, 5.74) is 25.0. The van der Waals surface area contributed by atoms with Crippen molar-refractivity contribution in [3.05, 3.63) is 278 Å². The van der Waals surface area contributed by atoms with Gasteiger partial charge in [0.15, 0.2) is 15.1 Å². The molecule has 718 valence electrons. The number of primary sulfonamides is 2. The summed E-state index contributed by atoms with van der Waals surface area (Å²) in [7, 11) is -7.24. The minimum atomic E-state index is -3.89. The number of nitrogens with two attached hydrogens (primary N) is 4. The van der Waals surface area contributed by atoms with Gasteiger partial charge in [-0.15, -0.1) is 5.10 Å². The van der Waals surface area contributed by atoms with Crippen molar-refractivity contribution in [1.82, 2.24) is 89.7 Å². The molecule has 5 aromatic carbocycles. The van der Waals surface area contributed by atoms with E-state index < -0.39 is 46.1 Å². The van der Waals surface area contributed by atoms with Gasteiger partial charge in [-0.1, -0.05) is 81.7 Å². The number of carbonyl (C=O) groups excluding carboxylic acids is 10. The topological polar surface area (TPSA) is 710 Å². The number of fused-ring (bicyclic) bond motifs is 5. The van der Waals surface area contributed by atoms with E-state index >= 15 is 0 Å².